The monoisotopic (exact) mass is 386 g/mol. The highest BCUT2D eigenvalue weighted by Gasteiger charge is 2.31. The van der Waals surface area contributed by atoms with Gasteiger partial charge in [-0.15, -0.1) is 0 Å². The fourth-order valence-electron chi connectivity index (χ4n) is 1.86. The first-order valence-electron chi connectivity index (χ1n) is 7.34. The highest BCUT2D eigenvalue weighted by molar-refractivity contribution is 6.35. The second-order valence-electron chi connectivity index (χ2n) is 5.15. The Morgan fingerprint density at radius 2 is 1.81 bits per heavy atom. The van der Waals surface area contributed by atoms with Crippen LogP contribution in [0.2, 0.25) is 0 Å². The van der Waals surface area contributed by atoms with Crippen LogP contribution in [-0.4, -0.2) is 22.3 Å². The van der Waals surface area contributed by atoms with Crippen LogP contribution in [-0.2, 0) is 33.6 Å². The predicted molar refractivity (Wildman–Crippen MR) is 82.5 cm³/mol. The van der Waals surface area contributed by atoms with Crippen molar-refractivity contribution < 1.29 is 32.0 Å². The van der Waals surface area contributed by atoms with E-state index in [4.69, 9.17) is 4.42 Å². The summed E-state index contributed by atoms with van der Waals surface area (Å²) >= 11 is 0. The molecule has 27 heavy (non-hydrogen) atoms. The van der Waals surface area contributed by atoms with Crippen LogP contribution < -0.4 is 21.7 Å². The Morgan fingerprint density at radius 3 is 2.44 bits per heavy atom. The van der Waals surface area contributed by atoms with Crippen molar-refractivity contribution in [3.8, 4) is 0 Å². The van der Waals surface area contributed by atoms with Crippen molar-refractivity contribution in [3.05, 3.63) is 58.4 Å². The van der Waals surface area contributed by atoms with Gasteiger partial charge in [0.05, 0.1) is 18.4 Å². The first kappa shape index (κ1) is 19.8. The number of furan rings is 1. The maximum Gasteiger partial charge on any atom is 0.417 e. The average Bonchev–Trinajstić information content (AvgIpc) is 3.12. The lowest BCUT2D eigenvalue weighted by Gasteiger charge is -2.11. The zero-order valence-corrected chi connectivity index (χ0v) is 13.5. The summed E-state index contributed by atoms with van der Waals surface area (Å²) in [6.45, 7) is -0.857. The number of hydrogen-bond donors (Lipinski definition) is 3. The van der Waals surface area contributed by atoms with E-state index in [0.29, 0.717) is 28.7 Å². The Morgan fingerprint density at radius 1 is 1.07 bits per heavy atom. The van der Waals surface area contributed by atoms with Gasteiger partial charge in [-0.05, 0) is 18.2 Å². The van der Waals surface area contributed by atoms with Crippen LogP contribution in [0.15, 0.2) is 45.9 Å². The van der Waals surface area contributed by atoms with Gasteiger partial charge in [0.2, 0.25) is 0 Å². The third-order valence-electron chi connectivity index (χ3n) is 3.15. The van der Waals surface area contributed by atoms with Crippen molar-refractivity contribution >= 4 is 17.7 Å². The molecule has 0 radical (unpaired) electrons. The van der Waals surface area contributed by atoms with E-state index in [1.807, 2.05) is 5.43 Å². The lowest BCUT2D eigenvalue weighted by Crippen LogP contribution is -2.49. The number of rotatable bonds is 4. The first-order chi connectivity index (χ1) is 12.7. The van der Waals surface area contributed by atoms with Gasteiger partial charge < -0.3 is 14.3 Å². The first-order valence-corrected chi connectivity index (χ1v) is 7.34. The zero-order chi connectivity index (χ0) is 20.0. The van der Waals surface area contributed by atoms with Crippen molar-refractivity contribution in [3.63, 3.8) is 0 Å². The number of amides is 3. The largest absolute Gasteiger partial charge is 0.467 e. The lowest BCUT2D eigenvalue weighted by atomic mass is 10.3. The topological polar surface area (TPSA) is 122 Å². The van der Waals surface area contributed by atoms with Gasteiger partial charge in [-0.2, -0.15) is 13.2 Å². The summed E-state index contributed by atoms with van der Waals surface area (Å²) in [6, 6.07) is 4.39. The van der Waals surface area contributed by atoms with Crippen molar-refractivity contribution in [1.29, 1.82) is 0 Å². The van der Waals surface area contributed by atoms with E-state index >= 15 is 0 Å². The Balaban J connectivity index is 1.86. The number of pyridine rings is 1. The molecule has 2 rings (SSSR count). The molecule has 2 aromatic heterocycles. The molecule has 0 aliphatic heterocycles. The Hall–Kier alpha value is -3.57. The van der Waals surface area contributed by atoms with Crippen LogP contribution in [0.3, 0.4) is 0 Å². The molecule has 0 spiro atoms. The SMILES string of the molecule is O=C(Cn1cc(C(F)(F)F)ccc1=O)NNC(=O)C(=O)NCc1ccco1. The van der Waals surface area contributed by atoms with Gasteiger partial charge in [-0.25, -0.2) is 0 Å². The molecule has 3 N–H and O–H groups in total. The number of hydrazine groups is 1. The predicted octanol–water partition coefficient (Wildman–Crippen LogP) is -0.0761. The fourth-order valence-corrected chi connectivity index (χ4v) is 1.86. The Bertz CT molecular complexity index is 890. The quantitative estimate of drug-likeness (QED) is 0.501. The van der Waals surface area contributed by atoms with E-state index in [1.165, 1.54) is 6.26 Å². The van der Waals surface area contributed by atoms with Gasteiger partial charge in [-0.1, -0.05) is 0 Å². The van der Waals surface area contributed by atoms with Gasteiger partial charge in [-0.3, -0.25) is 30.0 Å². The molecule has 0 atom stereocenters. The van der Waals surface area contributed by atoms with Gasteiger partial charge in [0.15, 0.2) is 0 Å². The summed E-state index contributed by atoms with van der Waals surface area (Å²) in [5.74, 6) is -2.91. The molecule has 3 amide bonds. The van der Waals surface area contributed by atoms with Gasteiger partial charge in [0.25, 0.3) is 11.5 Å². The van der Waals surface area contributed by atoms with Crippen molar-refractivity contribution in [1.82, 2.24) is 20.7 Å². The van der Waals surface area contributed by atoms with Gasteiger partial charge in [0.1, 0.15) is 12.3 Å². The molecule has 0 saturated heterocycles. The minimum atomic E-state index is -4.69. The number of aromatic nitrogens is 1. The molecule has 0 bridgehead atoms. The maximum atomic E-state index is 12.6. The van der Waals surface area contributed by atoms with Crippen LogP contribution in [0.4, 0.5) is 13.2 Å². The van der Waals surface area contributed by atoms with Crippen molar-refractivity contribution in [2.75, 3.05) is 0 Å². The van der Waals surface area contributed by atoms with Gasteiger partial charge >= 0.3 is 18.0 Å². The van der Waals surface area contributed by atoms with E-state index in [2.05, 4.69) is 5.32 Å². The summed E-state index contributed by atoms with van der Waals surface area (Å²) in [5, 5.41) is 2.22. The van der Waals surface area contributed by atoms with Crippen LogP contribution >= 0.6 is 0 Å². The molecule has 0 fully saturated rings. The van der Waals surface area contributed by atoms with E-state index in [1.54, 1.807) is 17.6 Å². The molecular weight excluding hydrogens is 373 g/mol. The van der Waals surface area contributed by atoms with Crippen molar-refractivity contribution in [2.45, 2.75) is 19.3 Å². The third-order valence-corrected chi connectivity index (χ3v) is 3.15. The minimum Gasteiger partial charge on any atom is -0.467 e. The second kappa shape index (κ2) is 8.21. The standard InChI is InChI=1S/C15H13F3N4O5/c16-15(17,18)9-3-4-12(24)22(7-9)8-11(23)20-21-14(26)13(25)19-6-10-2-1-5-27-10/h1-5,7H,6,8H2,(H,19,25)(H,20,23)(H,21,26). The van der Waals surface area contributed by atoms with Crippen LogP contribution in [0.1, 0.15) is 11.3 Å². The molecule has 0 aliphatic rings. The Kier molecular flexibility index (Phi) is 6.00. The molecule has 0 saturated carbocycles. The number of hydrogen-bond acceptors (Lipinski definition) is 5. The number of halogens is 3. The number of alkyl halides is 3. The lowest BCUT2D eigenvalue weighted by molar-refractivity contribution is -0.141. The van der Waals surface area contributed by atoms with Crippen LogP contribution in [0.25, 0.3) is 0 Å². The van der Waals surface area contributed by atoms with Crippen molar-refractivity contribution in [2.24, 2.45) is 0 Å². The molecule has 0 aromatic carbocycles. The average molecular weight is 386 g/mol. The highest BCUT2D eigenvalue weighted by Crippen LogP contribution is 2.27. The summed E-state index contributed by atoms with van der Waals surface area (Å²) in [6.07, 6.45) is -2.84. The number of carbonyl (C=O) groups is 3. The molecule has 12 heteroatoms. The van der Waals surface area contributed by atoms with E-state index < -0.39 is 41.6 Å². The number of nitrogens with one attached hydrogen (secondary N) is 3. The van der Waals surface area contributed by atoms with Crippen LogP contribution in [0, 0.1) is 0 Å². The second-order valence-corrected chi connectivity index (χ2v) is 5.15. The molecule has 0 unspecified atom stereocenters. The zero-order valence-electron chi connectivity index (χ0n) is 13.5. The molecule has 2 aromatic rings. The maximum absolute atomic E-state index is 12.6. The van der Waals surface area contributed by atoms with E-state index in [9.17, 15) is 32.3 Å². The molecular formula is C15H13F3N4O5. The summed E-state index contributed by atoms with van der Waals surface area (Å²) < 4.78 is 43.4. The van der Waals surface area contributed by atoms with E-state index in [0.717, 1.165) is 0 Å². The fraction of sp³-hybridized carbons (Fsp3) is 0.200. The number of nitrogens with zero attached hydrogens (tertiary/aromatic N) is 1. The molecule has 2 heterocycles. The number of carbonyl (C=O) groups excluding carboxylic acids is 3. The normalized spacial score (nSPS) is 10.9. The van der Waals surface area contributed by atoms with Gasteiger partial charge in [0, 0.05) is 12.3 Å². The minimum absolute atomic E-state index is 0.0627. The summed E-state index contributed by atoms with van der Waals surface area (Å²) in [7, 11) is 0. The molecule has 144 valence electrons. The highest BCUT2D eigenvalue weighted by atomic mass is 19.4. The Labute approximate surface area is 149 Å². The van der Waals surface area contributed by atoms with Crippen LogP contribution in [0.5, 0.6) is 0 Å². The molecule has 0 aliphatic carbocycles. The smallest absolute Gasteiger partial charge is 0.417 e. The third kappa shape index (κ3) is 5.73. The molecule has 9 nitrogen and oxygen atoms in total. The van der Waals surface area contributed by atoms with E-state index in [-0.39, 0.29) is 6.54 Å². The summed E-state index contributed by atoms with van der Waals surface area (Å²) in [5.41, 5.74) is 1.64. The summed E-state index contributed by atoms with van der Waals surface area (Å²) in [4.78, 5) is 46.3.